The molecule has 1 heterocycles. The van der Waals surface area contributed by atoms with Gasteiger partial charge in [-0.05, 0) is 30.3 Å². The maximum absolute atomic E-state index is 12.7. The van der Waals surface area contributed by atoms with Gasteiger partial charge in [-0.15, -0.1) is 0 Å². The number of carbonyl (C=O) groups excluding carboxylic acids is 2. The third-order valence-corrected chi connectivity index (χ3v) is 4.67. The molecule has 1 amide bonds. The van der Waals surface area contributed by atoms with Crippen LogP contribution in [-0.4, -0.2) is 52.0 Å². The van der Waals surface area contributed by atoms with E-state index in [0.717, 1.165) is 4.90 Å². The Morgan fingerprint density at radius 2 is 1.83 bits per heavy atom. The SMILES string of the molecule is COc1ccc(/C(O)=C2/C(=O)C(=O)N(CCO)C2c2ccccc2[N+](=O)[O-])cc1. The van der Waals surface area contributed by atoms with Crippen molar-refractivity contribution in [1.82, 2.24) is 4.90 Å². The molecule has 0 bridgehead atoms. The lowest BCUT2D eigenvalue weighted by Gasteiger charge is -2.24. The fourth-order valence-corrected chi connectivity index (χ4v) is 3.33. The molecule has 1 saturated heterocycles. The molecule has 0 aromatic heterocycles. The van der Waals surface area contributed by atoms with Crippen molar-refractivity contribution in [3.05, 3.63) is 75.3 Å². The number of β-amino-alcohol motifs (C(OH)–C–C–N with tert-alkyl or cyclic N) is 1. The molecule has 0 radical (unpaired) electrons. The lowest BCUT2D eigenvalue weighted by atomic mass is 9.94. The van der Waals surface area contributed by atoms with Gasteiger partial charge in [-0.25, -0.2) is 0 Å². The molecule has 1 fully saturated rings. The van der Waals surface area contributed by atoms with Crippen LogP contribution in [0.5, 0.6) is 5.75 Å². The zero-order valence-corrected chi connectivity index (χ0v) is 15.4. The molecule has 9 nitrogen and oxygen atoms in total. The highest BCUT2D eigenvalue weighted by molar-refractivity contribution is 6.46. The number of aliphatic hydroxyl groups is 2. The molecule has 1 atom stereocenters. The largest absolute Gasteiger partial charge is 0.507 e. The number of ketones is 1. The number of nitro benzene ring substituents is 1. The quantitative estimate of drug-likeness (QED) is 0.250. The predicted octanol–water partition coefficient (Wildman–Crippen LogP) is 2.02. The minimum atomic E-state index is -1.20. The Bertz CT molecular complexity index is 998. The van der Waals surface area contributed by atoms with Crippen LogP contribution in [0.2, 0.25) is 0 Å². The van der Waals surface area contributed by atoms with Crippen LogP contribution in [0.25, 0.3) is 5.76 Å². The molecule has 3 rings (SSSR count). The van der Waals surface area contributed by atoms with Crippen molar-refractivity contribution in [3.8, 4) is 5.75 Å². The summed E-state index contributed by atoms with van der Waals surface area (Å²) >= 11 is 0. The highest BCUT2D eigenvalue weighted by Crippen LogP contribution is 2.42. The maximum Gasteiger partial charge on any atom is 0.295 e. The number of Topliss-reactive ketones (excluding diaryl/α,β-unsaturated/α-hetero) is 1. The monoisotopic (exact) mass is 398 g/mol. The number of nitrogens with zero attached hydrogens (tertiary/aromatic N) is 2. The zero-order chi connectivity index (χ0) is 21.1. The molecule has 0 saturated carbocycles. The molecule has 2 aromatic carbocycles. The molecule has 1 aliphatic heterocycles. The summed E-state index contributed by atoms with van der Waals surface area (Å²) in [4.78, 5) is 37.1. The molecule has 2 aromatic rings. The number of para-hydroxylation sites is 1. The molecule has 1 aliphatic rings. The third-order valence-electron chi connectivity index (χ3n) is 4.67. The van der Waals surface area contributed by atoms with Crippen molar-refractivity contribution in [2.75, 3.05) is 20.3 Å². The number of hydrogen-bond acceptors (Lipinski definition) is 7. The van der Waals surface area contributed by atoms with Crippen LogP contribution >= 0.6 is 0 Å². The van der Waals surface area contributed by atoms with Crippen molar-refractivity contribution < 1.29 is 29.5 Å². The summed E-state index contributed by atoms with van der Waals surface area (Å²) in [5, 5.41) is 31.7. The van der Waals surface area contributed by atoms with Gasteiger partial charge in [0.2, 0.25) is 0 Å². The summed E-state index contributed by atoms with van der Waals surface area (Å²) in [6.07, 6.45) is 0. The van der Waals surface area contributed by atoms with E-state index in [9.17, 15) is 29.9 Å². The Morgan fingerprint density at radius 1 is 1.17 bits per heavy atom. The van der Waals surface area contributed by atoms with E-state index in [2.05, 4.69) is 0 Å². The van der Waals surface area contributed by atoms with E-state index in [-0.39, 0.29) is 28.9 Å². The molecule has 1 unspecified atom stereocenters. The van der Waals surface area contributed by atoms with Gasteiger partial charge < -0.3 is 19.8 Å². The Hall–Kier alpha value is -3.72. The Kier molecular flexibility index (Phi) is 5.60. The van der Waals surface area contributed by atoms with Crippen LogP contribution in [0.15, 0.2) is 54.1 Å². The minimum absolute atomic E-state index is 0.0696. The highest BCUT2D eigenvalue weighted by Gasteiger charge is 2.47. The van der Waals surface area contributed by atoms with Gasteiger partial charge in [-0.3, -0.25) is 19.7 Å². The lowest BCUT2D eigenvalue weighted by molar-refractivity contribution is -0.385. The van der Waals surface area contributed by atoms with E-state index in [1.807, 2.05) is 0 Å². The van der Waals surface area contributed by atoms with Crippen molar-refractivity contribution in [3.63, 3.8) is 0 Å². The second kappa shape index (κ2) is 8.11. The second-order valence-corrected chi connectivity index (χ2v) is 6.26. The standard InChI is InChI=1S/C20H18N2O7/c1-29-13-8-6-12(7-9-13)18(24)16-17(21(10-11-23)20(26)19(16)25)14-4-2-3-5-15(14)22(27)28/h2-9,17,23-24H,10-11H2,1H3/b18-16-. The van der Waals surface area contributed by atoms with Crippen LogP contribution in [0.1, 0.15) is 17.2 Å². The minimum Gasteiger partial charge on any atom is -0.507 e. The first kappa shape index (κ1) is 20.0. The number of ether oxygens (including phenoxy) is 1. The van der Waals surface area contributed by atoms with Gasteiger partial charge in [0.15, 0.2) is 0 Å². The number of likely N-dealkylation sites (tertiary alicyclic amines) is 1. The number of nitro groups is 1. The van der Waals surface area contributed by atoms with Gasteiger partial charge in [-0.1, -0.05) is 12.1 Å². The number of carbonyl (C=O) groups is 2. The molecule has 9 heteroatoms. The van der Waals surface area contributed by atoms with Gasteiger partial charge in [0.1, 0.15) is 11.5 Å². The Labute approximate surface area is 165 Å². The molecule has 0 aliphatic carbocycles. The summed E-state index contributed by atoms with van der Waals surface area (Å²) in [5.41, 5.74) is -0.262. The van der Waals surface area contributed by atoms with Crippen LogP contribution in [0, 0.1) is 10.1 Å². The number of benzene rings is 2. The lowest BCUT2D eigenvalue weighted by Crippen LogP contribution is -2.32. The Morgan fingerprint density at radius 3 is 2.41 bits per heavy atom. The smallest absolute Gasteiger partial charge is 0.295 e. The van der Waals surface area contributed by atoms with Crippen molar-refractivity contribution in [2.45, 2.75) is 6.04 Å². The fraction of sp³-hybridized carbons (Fsp3) is 0.200. The van der Waals surface area contributed by atoms with Gasteiger partial charge >= 0.3 is 0 Å². The average Bonchev–Trinajstić information content (AvgIpc) is 2.98. The number of hydrogen-bond donors (Lipinski definition) is 2. The van der Waals surface area contributed by atoms with Gasteiger partial charge in [0, 0.05) is 18.2 Å². The molecular formula is C20H18N2O7. The molecule has 29 heavy (non-hydrogen) atoms. The highest BCUT2D eigenvalue weighted by atomic mass is 16.6. The molecular weight excluding hydrogens is 380 g/mol. The normalized spacial score (nSPS) is 18.1. The Balaban J connectivity index is 2.23. The van der Waals surface area contributed by atoms with Crippen LogP contribution in [0.4, 0.5) is 5.69 Å². The van der Waals surface area contributed by atoms with Crippen molar-refractivity contribution >= 4 is 23.1 Å². The van der Waals surface area contributed by atoms with E-state index >= 15 is 0 Å². The predicted molar refractivity (Wildman–Crippen MR) is 102 cm³/mol. The zero-order valence-electron chi connectivity index (χ0n) is 15.4. The summed E-state index contributed by atoms with van der Waals surface area (Å²) in [6, 6.07) is 10.6. The number of rotatable bonds is 6. The number of methoxy groups -OCH3 is 1. The third kappa shape index (κ3) is 3.55. The van der Waals surface area contributed by atoms with E-state index in [1.54, 1.807) is 12.1 Å². The van der Waals surface area contributed by atoms with Gasteiger partial charge in [0.05, 0.1) is 35.8 Å². The van der Waals surface area contributed by atoms with Gasteiger partial charge in [0.25, 0.3) is 17.4 Å². The number of amides is 1. The first-order valence-corrected chi connectivity index (χ1v) is 8.67. The topological polar surface area (TPSA) is 130 Å². The first-order chi connectivity index (χ1) is 13.9. The molecule has 2 N–H and O–H groups in total. The summed E-state index contributed by atoms with van der Waals surface area (Å²) < 4.78 is 5.06. The van der Waals surface area contributed by atoms with E-state index < -0.39 is 35.0 Å². The summed E-state index contributed by atoms with van der Waals surface area (Å²) in [5.74, 6) is -1.86. The van der Waals surface area contributed by atoms with E-state index in [0.29, 0.717) is 5.75 Å². The second-order valence-electron chi connectivity index (χ2n) is 6.26. The summed E-state index contributed by atoms with van der Waals surface area (Å²) in [7, 11) is 1.48. The van der Waals surface area contributed by atoms with Crippen LogP contribution < -0.4 is 4.74 Å². The maximum atomic E-state index is 12.7. The van der Waals surface area contributed by atoms with E-state index in [1.165, 1.54) is 43.5 Å². The van der Waals surface area contributed by atoms with Crippen LogP contribution in [0.3, 0.4) is 0 Å². The molecule has 0 spiro atoms. The van der Waals surface area contributed by atoms with Crippen molar-refractivity contribution in [1.29, 1.82) is 0 Å². The molecule has 150 valence electrons. The number of aliphatic hydroxyl groups excluding tert-OH is 2. The fourth-order valence-electron chi connectivity index (χ4n) is 3.33. The van der Waals surface area contributed by atoms with Crippen molar-refractivity contribution in [2.24, 2.45) is 0 Å². The first-order valence-electron chi connectivity index (χ1n) is 8.67. The van der Waals surface area contributed by atoms with E-state index in [4.69, 9.17) is 4.74 Å². The summed E-state index contributed by atoms with van der Waals surface area (Å²) in [6.45, 7) is -0.673. The van der Waals surface area contributed by atoms with Gasteiger partial charge in [-0.2, -0.15) is 0 Å². The average molecular weight is 398 g/mol. The van der Waals surface area contributed by atoms with Crippen LogP contribution in [-0.2, 0) is 9.59 Å².